The van der Waals surface area contributed by atoms with Crippen LogP contribution in [-0.2, 0) is 4.79 Å². The lowest BCUT2D eigenvalue weighted by Crippen LogP contribution is -2.55. The van der Waals surface area contributed by atoms with E-state index in [-0.39, 0.29) is 17.9 Å². The molecule has 5 rings (SSSR count). The third-order valence-corrected chi connectivity index (χ3v) is 7.36. The number of anilines is 1. The van der Waals surface area contributed by atoms with Crippen LogP contribution in [0.25, 0.3) is 27.9 Å². The van der Waals surface area contributed by atoms with Crippen LogP contribution in [0.2, 0.25) is 0 Å². The first-order valence-electron chi connectivity index (χ1n) is 12.7. The molecule has 1 aliphatic heterocycles. The third-order valence-electron chi connectivity index (χ3n) is 7.36. The second-order valence-corrected chi connectivity index (χ2v) is 10.6. The maximum absolute atomic E-state index is 12.6. The van der Waals surface area contributed by atoms with Gasteiger partial charge in [0.2, 0.25) is 5.91 Å². The van der Waals surface area contributed by atoms with E-state index in [0.717, 1.165) is 45.9 Å². The Bertz CT molecular complexity index is 1430. The Morgan fingerprint density at radius 2 is 1.97 bits per heavy atom. The Balaban J connectivity index is 1.52. The van der Waals surface area contributed by atoms with Crippen molar-refractivity contribution >= 4 is 28.4 Å². The number of likely N-dealkylation sites (N-methyl/N-ethyl adjacent to an activating group) is 1. The second kappa shape index (κ2) is 9.20. The smallest absolute Gasteiger partial charge is 0.236 e. The summed E-state index contributed by atoms with van der Waals surface area (Å²) >= 11 is 0. The normalized spacial score (nSPS) is 16.8. The lowest BCUT2D eigenvalue weighted by molar-refractivity contribution is -0.132. The van der Waals surface area contributed by atoms with Crippen LogP contribution in [0.4, 0.5) is 5.82 Å². The highest BCUT2D eigenvalue weighted by Crippen LogP contribution is 2.38. The highest BCUT2D eigenvalue weighted by molar-refractivity contribution is 5.90. The quantitative estimate of drug-likeness (QED) is 0.462. The van der Waals surface area contributed by atoms with Crippen LogP contribution >= 0.6 is 0 Å². The summed E-state index contributed by atoms with van der Waals surface area (Å²) in [7, 11) is 3.86. The van der Waals surface area contributed by atoms with E-state index in [1.165, 1.54) is 11.1 Å². The molecule has 36 heavy (non-hydrogen) atoms. The highest BCUT2D eigenvalue weighted by Gasteiger charge is 2.28. The zero-order valence-corrected chi connectivity index (χ0v) is 22.3. The first-order valence-corrected chi connectivity index (χ1v) is 12.7. The number of aromatic amines is 1. The second-order valence-electron chi connectivity index (χ2n) is 10.6. The van der Waals surface area contributed by atoms with Crippen LogP contribution in [0.1, 0.15) is 43.4 Å². The van der Waals surface area contributed by atoms with Gasteiger partial charge in [-0.1, -0.05) is 13.8 Å². The average molecular weight is 489 g/mol. The number of hydrogen-bond acceptors (Lipinski definition) is 6. The number of aryl methyl sites for hydroxylation is 1. The molecule has 0 bridgehead atoms. The molecule has 1 amide bonds. The number of fused-ring (bicyclic) bond motifs is 2. The fourth-order valence-corrected chi connectivity index (χ4v) is 5.36. The Hall–Kier alpha value is -3.46. The van der Waals surface area contributed by atoms with Crippen LogP contribution in [0.3, 0.4) is 0 Å². The molecule has 0 spiro atoms. The number of aromatic nitrogens is 5. The molecule has 0 saturated carbocycles. The molecule has 1 saturated heterocycles. The molecule has 1 N–H and O–H groups in total. The van der Waals surface area contributed by atoms with E-state index < -0.39 is 0 Å². The predicted molar refractivity (Wildman–Crippen MR) is 144 cm³/mol. The van der Waals surface area contributed by atoms with Gasteiger partial charge in [0.15, 0.2) is 5.65 Å². The molecule has 0 radical (unpaired) electrons. The number of rotatable bonds is 5. The van der Waals surface area contributed by atoms with Gasteiger partial charge in [-0.2, -0.15) is 5.10 Å². The van der Waals surface area contributed by atoms with Crippen molar-refractivity contribution in [3.05, 3.63) is 41.3 Å². The van der Waals surface area contributed by atoms with Crippen LogP contribution in [0.15, 0.2) is 24.7 Å². The number of carbonyl (C=O) groups is 1. The molecule has 1 aliphatic rings. The van der Waals surface area contributed by atoms with Crippen LogP contribution in [-0.4, -0.2) is 86.6 Å². The number of H-pyrrole nitrogens is 1. The van der Waals surface area contributed by atoms with Gasteiger partial charge in [-0.05, 0) is 64.0 Å². The van der Waals surface area contributed by atoms with E-state index >= 15 is 0 Å². The Labute approximate surface area is 212 Å². The minimum atomic E-state index is 0.183. The summed E-state index contributed by atoms with van der Waals surface area (Å²) in [6, 6.07) is 4.43. The van der Waals surface area contributed by atoms with Crippen molar-refractivity contribution < 1.29 is 4.79 Å². The molecule has 190 valence electrons. The molecule has 5 heterocycles. The number of hydrogen-bond donors (Lipinski definition) is 1. The monoisotopic (exact) mass is 488 g/mol. The van der Waals surface area contributed by atoms with Gasteiger partial charge < -0.3 is 19.7 Å². The van der Waals surface area contributed by atoms with Crippen molar-refractivity contribution in [2.75, 3.05) is 45.2 Å². The summed E-state index contributed by atoms with van der Waals surface area (Å²) in [5, 5.41) is 4.39. The van der Waals surface area contributed by atoms with Gasteiger partial charge in [0.25, 0.3) is 0 Å². The Morgan fingerprint density at radius 3 is 2.67 bits per heavy atom. The third kappa shape index (κ3) is 4.11. The van der Waals surface area contributed by atoms with Gasteiger partial charge in [0.05, 0.1) is 23.3 Å². The zero-order valence-electron chi connectivity index (χ0n) is 22.3. The molecule has 0 unspecified atom stereocenters. The lowest BCUT2D eigenvalue weighted by atomic mass is 9.95. The zero-order chi connectivity index (χ0) is 25.7. The molecule has 4 aromatic rings. The van der Waals surface area contributed by atoms with Gasteiger partial charge >= 0.3 is 0 Å². The van der Waals surface area contributed by atoms with Gasteiger partial charge in [0, 0.05) is 43.0 Å². The molecular formula is C27H36N8O. The summed E-state index contributed by atoms with van der Waals surface area (Å²) in [6.07, 6.45) is 3.66. The number of amides is 1. The van der Waals surface area contributed by atoms with Gasteiger partial charge in [-0.3, -0.25) is 4.79 Å². The molecule has 1 fully saturated rings. The lowest BCUT2D eigenvalue weighted by Gasteiger charge is -2.41. The van der Waals surface area contributed by atoms with Crippen molar-refractivity contribution in [3.8, 4) is 11.3 Å². The van der Waals surface area contributed by atoms with Crippen molar-refractivity contribution in [1.82, 2.24) is 34.4 Å². The number of carbonyl (C=O) groups excluding carboxylic acids is 1. The molecule has 0 aliphatic carbocycles. The number of nitrogens with zero attached hydrogens (tertiary/aromatic N) is 7. The van der Waals surface area contributed by atoms with Crippen LogP contribution < -0.4 is 4.90 Å². The standard InChI is InChI=1S/C27H36N8O/c1-16(2)24-25(20-13-35-27(28-15-29-35)19(5)18(20)4)30-21-8-9-22(31-26(21)24)34-11-10-33(12-17(34)3)23(36)14-32(6)7/h8-9,13,15-17,30H,10-12,14H2,1-7H3/t17-/m0/s1. The van der Waals surface area contributed by atoms with E-state index in [1.54, 1.807) is 6.33 Å². The van der Waals surface area contributed by atoms with E-state index in [1.807, 2.05) is 28.4 Å². The maximum atomic E-state index is 12.6. The fourth-order valence-electron chi connectivity index (χ4n) is 5.36. The highest BCUT2D eigenvalue weighted by atomic mass is 16.2. The molecule has 9 heteroatoms. The first-order chi connectivity index (χ1) is 17.2. The number of nitrogens with one attached hydrogen (secondary N) is 1. The van der Waals surface area contributed by atoms with E-state index in [4.69, 9.17) is 4.98 Å². The summed E-state index contributed by atoms with van der Waals surface area (Å²) in [4.78, 5) is 32.1. The topological polar surface area (TPSA) is 85.7 Å². The van der Waals surface area contributed by atoms with E-state index in [0.29, 0.717) is 19.6 Å². The van der Waals surface area contributed by atoms with Crippen LogP contribution in [0, 0.1) is 13.8 Å². The average Bonchev–Trinajstić information content (AvgIpc) is 3.45. The van der Waals surface area contributed by atoms with E-state index in [2.05, 4.69) is 72.9 Å². The Kier molecular flexibility index (Phi) is 6.20. The van der Waals surface area contributed by atoms with Gasteiger partial charge in [-0.25, -0.2) is 14.5 Å². The molecule has 0 aromatic carbocycles. The maximum Gasteiger partial charge on any atom is 0.236 e. The van der Waals surface area contributed by atoms with Gasteiger partial charge in [0.1, 0.15) is 12.1 Å². The minimum Gasteiger partial charge on any atom is -0.353 e. The summed E-state index contributed by atoms with van der Waals surface area (Å²) in [6.45, 7) is 13.5. The van der Waals surface area contributed by atoms with E-state index in [9.17, 15) is 4.79 Å². The summed E-state index contributed by atoms with van der Waals surface area (Å²) in [5.41, 5.74) is 8.66. The predicted octanol–water partition coefficient (Wildman–Crippen LogP) is 3.61. The molecule has 4 aromatic heterocycles. The molecule has 1 atom stereocenters. The van der Waals surface area contributed by atoms with Crippen molar-refractivity contribution in [2.24, 2.45) is 0 Å². The first kappa shape index (κ1) is 24.2. The van der Waals surface area contributed by atoms with Crippen molar-refractivity contribution in [2.45, 2.75) is 46.6 Å². The summed E-state index contributed by atoms with van der Waals surface area (Å²) < 4.78 is 1.85. The van der Waals surface area contributed by atoms with Crippen LogP contribution in [0.5, 0.6) is 0 Å². The van der Waals surface area contributed by atoms with Gasteiger partial charge in [-0.15, -0.1) is 0 Å². The summed E-state index contributed by atoms with van der Waals surface area (Å²) in [5.74, 6) is 1.42. The number of piperazine rings is 1. The van der Waals surface area contributed by atoms with Crippen molar-refractivity contribution in [1.29, 1.82) is 0 Å². The molecule has 9 nitrogen and oxygen atoms in total. The minimum absolute atomic E-state index is 0.183. The molecular weight excluding hydrogens is 452 g/mol. The fraction of sp³-hybridized carbons (Fsp3) is 0.481. The Morgan fingerprint density at radius 1 is 1.19 bits per heavy atom. The number of pyridine rings is 2. The van der Waals surface area contributed by atoms with Crippen molar-refractivity contribution in [3.63, 3.8) is 0 Å². The largest absolute Gasteiger partial charge is 0.353 e. The SMILES string of the molecule is Cc1c(-c2[nH]c3ccc(N4CCN(C(=O)CN(C)C)C[C@@H]4C)nc3c2C(C)C)cn2ncnc2c1C.